The minimum atomic E-state index is -0.629. The highest BCUT2D eigenvalue weighted by Crippen LogP contribution is 2.35. The van der Waals surface area contributed by atoms with Crippen LogP contribution in [0.5, 0.6) is 5.75 Å². The lowest BCUT2D eigenvalue weighted by Gasteiger charge is -2.22. The molecular formula is C24H26Cl3N5O3S. The van der Waals surface area contributed by atoms with E-state index < -0.39 is 11.8 Å². The smallest absolute Gasteiger partial charge is 0.267 e. The highest BCUT2D eigenvalue weighted by Gasteiger charge is 2.23. The Hall–Kier alpha value is -2.40. The van der Waals surface area contributed by atoms with E-state index in [0.717, 1.165) is 25.2 Å². The van der Waals surface area contributed by atoms with E-state index in [1.165, 1.54) is 35.7 Å². The number of benzene rings is 1. The Morgan fingerprint density at radius 1 is 1.06 bits per heavy atom. The van der Waals surface area contributed by atoms with Gasteiger partial charge in [0, 0.05) is 36.9 Å². The number of carbonyl (C=O) groups is 2. The summed E-state index contributed by atoms with van der Waals surface area (Å²) in [5.41, 5.74) is 0.696. The molecule has 0 saturated heterocycles. The van der Waals surface area contributed by atoms with E-state index in [2.05, 4.69) is 32.3 Å². The van der Waals surface area contributed by atoms with Crippen molar-refractivity contribution in [1.82, 2.24) is 14.8 Å². The van der Waals surface area contributed by atoms with Crippen molar-refractivity contribution in [2.75, 3.05) is 44.4 Å². The van der Waals surface area contributed by atoms with Crippen molar-refractivity contribution in [1.29, 1.82) is 0 Å². The number of phenols is 1. The summed E-state index contributed by atoms with van der Waals surface area (Å²) in [6.07, 6.45) is 1.38. The molecule has 36 heavy (non-hydrogen) atoms. The molecule has 2 amide bonds. The lowest BCUT2D eigenvalue weighted by molar-refractivity contribution is 0.102. The molecule has 0 radical (unpaired) electrons. The molecule has 192 valence electrons. The van der Waals surface area contributed by atoms with E-state index in [0.29, 0.717) is 16.6 Å². The number of aromatic hydroxyl groups is 1. The van der Waals surface area contributed by atoms with Gasteiger partial charge in [-0.25, -0.2) is 4.98 Å². The molecule has 0 atom stereocenters. The molecule has 0 bridgehead atoms. The summed E-state index contributed by atoms with van der Waals surface area (Å²) < 4.78 is 0. The number of nitrogens with zero attached hydrogens (tertiary/aromatic N) is 3. The second kappa shape index (κ2) is 12.7. The number of aromatic nitrogens is 1. The van der Waals surface area contributed by atoms with Gasteiger partial charge in [0.2, 0.25) is 0 Å². The third-order valence-electron chi connectivity index (χ3n) is 5.25. The Balaban J connectivity index is 1.81. The summed E-state index contributed by atoms with van der Waals surface area (Å²) in [7, 11) is 4.03. The van der Waals surface area contributed by atoms with Crippen LogP contribution in [0, 0.1) is 0 Å². The normalized spacial score (nSPS) is 11.2. The van der Waals surface area contributed by atoms with Gasteiger partial charge in [0.25, 0.3) is 11.8 Å². The van der Waals surface area contributed by atoms with Gasteiger partial charge in [0.05, 0.1) is 21.3 Å². The van der Waals surface area contributed by atoms with Gasteiger partial charge >= 0.3 is 0 Å². The van der Waals surface area contributed by atoms with E-state index in [-0.39, 0.29) is 32.7 Å². The Morgan fingerprint density at radius 3 is 2.44 bits per heavy atom. The number of halogens is 3. The molecule has 0 spiro atoms. The molecule has 0 aliphatic rings. The third-order valence-corrected chi connectivity index (χ3v) is 7.26. The van der Waals surface area contributed by atoms with E-state index in [9.17, 15) is 14.7 Å². The highest BCUT2D eigenvalue weighted by atomic mass is 35.5. The Labute approximate surface area is 228 Å². The predicted molar refractivity (Wildman–Crippen MR) is 147 cm³/mol. The Kier molecular flexibility index (Phi) is 9.95. The van der Waals surface area contributed by atoms with Crippen LogP contribution in [0.2, 0.25) is 15.1 Å². The van der Waals surface area contributed by atoms with Crippen molar-refractivity contribution >= 4 is 69.5 Å². The molecule has 12 heteroatoms. The molecule has 0 fully saturated rings. The van der Waals surface area contributed by atoms with Crippen molar-refractivity contribution in [3.8, 4) is 5.75 Å². The second-order valence-corrected chi connectivity index (χ2v) is 10.3. The van der Waals surface area contributed by atoms with E-state index >= 15 is 0 Å². The van der Waals surface area contributed by atoms with Crippen LogP contribution in [0.15, 0.2) is 35.8 Å². The quantitative estimate of drug-likeness (QED) is 0.271. The fourth-order valence-corrected chi connectivity index (χ4v) is 4.84. The van der Waals surface area contributed by atoms with Crippen LogP contribution >= 0.6 is 46.1 Å². The maximum absolute atomic E-state index is 13.1. The number of phenolic OH excluding ortho intramolecular Hbond substituents is 1. The number of anilines is 2. The van der Waals surface area contributed by atoms with E-state index in [1.54, 1.807) is 6.07 Å². The first kappa shape index (κ1) is 28.2. The molecule has 3 N–H and O–H groups in total. The zero-order chi connectivity index (χ0) is 26.4. The van der Waals surface area contributed by atoms with Crippen LogP contribution in [-0.4, -0.2) is 65.4 Å². The second-order valence-electron chi connectivity index (χ2n) is 8.19. The van der Waals surface area contributed by atoms with Gasteiger partial charge < -0.3 is 20.6 Å². The van der Waals surface area contributed by atoms with Gasteiger partial charge in [-0.1, -0.05) is 41.7 Å². The summed E-state index contributed by atoms with van der Waals surface area (Å²) >= 11 is 19.7. The monoisotopic (exact) mass is 569 g/mol. The lowest BCUT2D eigenvalue weighted by Crippen LogP contribution is -2.31. The topological polar surface area (TPSA) is 97.8 Å². The van der Waals surface area contributed by atoms with Gasteiger partial charge in [-0.2, -0.15) is 0 Å². The van der Waals surface area contributed by atoms with Crippen molar-refractivity contribution in [2.45, 2.75) is 13.5 Å². The predicted octanol–water partition coefficient (Wildman–Crippen LogP) is 5.70. The number of hydrogen-bond donors (Lipinski definition) is 3. The number of carbonyl (C=O) groups excluding carboxylic acids is 2. The first-order chi connectivity index (χ1) is 17.1. The van der Waals surface area contributed by atoms with Crippen LogP contribution in [0.1, 0.15) is 32.5 Å². The van der Waals surface area contributed by atoms with Crippen molar-refractivity contribution in [3.05, 3.63) is 66.9 Å². The molecule has 0 aliphatic carbocycles. The standard InChI is InChI=1S/C24H26Cl3N5O3S/c1-4-32(8-7-31(2)3)12-14-13-36-22(20(14)27)24(35)30-21-17(9-16(26)10-18(21)33)23(34)29-19-6-5-15(25)11-28-19/h5-6,9-11,13,33H,4,7-8,12H2,1-3H3,(H,30,35)(H,28,29,34). The van der Waals surface area contributed by atoms with E-state index in [4.69, 9.17) is 34.8 Å². The van der Waals surface area contributed by atoms with Crippen LogP contribution in [0.4, 0.5) is 11.5 Å². The zero-order valence-corrected chi connectivity index (χ0v) is 23.0. The lowest BCUT2D eigenvalue weighted by atomic mass is 10.1. The zero-order valence-electron chi connectivity index (χ0n) is 19.9. The Bertz CT molecular complexity index is 1230. The molecule has 3 rings (SSSR count). The van der Waals surface area contributed by atoms with Crippen LogP contribution in [-0.2, 0) is 6.54 Å². The fourth-order valence-electron chi connectivity index (χ4n) is 3.28. The van der Waals surface area contributed by atoms with E-state index in [1.807, 2.05) is 19.5 Å². The summed E-state index contributed by atoms with van der Waals surface area (Å²) in [6, 6.07) is 5.67. The number of pyridine rings is 1. The molecule has 0 aliphatic heterocycles. The third kappa shape index (κ3) is 7.32. The number of thiophene rings is 1. The molecule has 3 aromatic rings. The average Bonchev–Trinajstić information content (AvgIpc) is 3.19. The SMILES string of the molecule is CCN(CCN(C)C)Cc1csc(C(=O)Nc2c(O)cc(Cl)cc2C(=O)Nc2ccc(Cl)cn2)c1Cl. The summed E-state index contributed by atoms with van der Waals surface area (Å²) in [5.74, 6) is -1.31. The molecule has 2 aromatic heterocycles. The first-order valence-electron chi connectivity index (χ1n) is 11.0. The summed E-state index contributed by atoms with van der Waals surface area (Å²) in [6.45, 7) is 5.26. The van der Waals surface area contributed by atoms with Gasteiger partial charge in [0.1, 0.15) is 16.4 Å². The molecule has 0 saturated carbocycles. The van der Waals surface area contributed by atoms with Gasteiger partial charge in [-0.3, -0.25) is 14.5 Å². The number of rotatable bonds is 10. The van der Waals surface area contributed by atoms with Crippen LogP contribution < -0.4 is 10.6 Å². The van der Waals surface area contributed by atoms with Crippen molar-refractivity contribution in [2.24, 2.45) is 0 Å². The molecule has 0 unspecified atom stereocenters. The number of likely N-dealkylation sites (N-methyl/N-ethyl adjacent to an activating group) is 2. The minimum Gasteiger partial charge on any atom is -0.506 e. The number of hydrogen-bond acceptors (Lipinski definition) is 7. The van der Waals surface area contributed by atoms with Gasteiger partial charge in [-0.15, -0.1) is 11.3 Å². The maximum atomic E-state index is 13.1. The minimum absolute atomic E-state index is 0.0427. The highest BCUT2D eigenvalue weighted by molar-refractivity contribution is 7.13. The molecule has 1 aromatic carbocycles. The van der Waals surface area contributed by atoms with Crippen molar-refractivity contribution < 1.29 is 14.7 Å². The molecule has 8 nitrogen and oxygen atoms in total. The fraction of sp³-hybridized carbons (Fsp3) is 0.292. The average molecular weight is 571 g/mol. The molecular weight excluding hydrogens is 545 g/mol. The van der Waals surface area contributed by atoms with Crippen LogP contribution in [0.25, 0.3) is 0 Å². The first-order valence-corrected chi connectivity index (χ1v) is 13.0. The summed E-state index contributed by atoms with van der Waals surface area (Å²) in [5, 5.41) is 18.4. The number of amides is 2. The Morgan fingerprint density at radius 2 is 1.81 bits per heavy atom. The van der Waals surface area contributed by atoms with Crippen LogP contribution in [0.3, 0.4) is 0 Å². The number of nitrogens with one attached hydrogen (secondary N) is 2. The van der Waals surface area contributed by atoms with Crippen molar-refractivity contribution in [3.63, 3.8) is 0 Å². The summed E-state index contributed by atoms with van der Waals surface area (Å²) in [4.78, 5) is 34.7. The van der Waals surface area contributed by atoms with Gasteiger partial charge in [0.15, 0.2) is 0 Å². The maximum Gasteiger partial charge on any atom is 0.267 e. The largest absolute Gasteiger partial charge is 0.506 e. The molecule has 2 heterocycles. The van der Waals surface area contributed by atoms with Gasteiger partial charge in [-0.05, 0) is 49.8 Å².